The first-order chi connectivity index (χ1) is 9.24. The molecule has 0 aliphatic rings. The number of rotatable bonds is 3. The van der Waals surface area contributed by atoms with Gasteiger partial charge in [0.15, 0.2) is 0 Å². The van der Waals surface area contributed by atoms with Crippen LogP contribution in [0.1, 0.15) is 23.1 Å². The third-order valence-electron chi connectivity index (χ3n) is 3.33. The second-order valence-electron chi connectivity index (χ2n) is 4.77. The lowest BCUT2D eigenvalue weighted by atomic mass is 9.98. The zero-order valence-corrected chi connectivity index (χ0v) is 10.8. The second kappa shape index (κ2) is 4.86. The molecule has 96 valence electrons. The Balaban J connectivity index is 1.95. The zero-order chi connectivity index (χ0) is 13.2. The standard InChI is InChI=1S/C16H16N2O/c1-11-5-6-13(19-11)9-16(17)15-4-2-3-12-10-18-8-7-14(12)15/h2-8,10,16H,9,17H2,1H3. The summed E-state index contributed by atoms with van der Waals surface area (Å²) in [7, 11) is 0. The molecule has 2 heterocycles. The first-order valence-electron chi connectivity index (χ1n) is 6.37. The van der Waals surface area contributed by atoms with Crippen molar-refractivity contribution in [2.24, 2.45) is 5.73 Å². The molecule has 3 rings (SSSR count). The smallest absolute Gasteiger partial charge is 0.106 e. The Kier molecular flexibility index (Phi) is 3.05. The van der Waals surface area contributed by atoms with Crippen molar-refractivity contribution in [2.45, 2.75) is 19.4 Å². The number of hydrogen-bond donors (Lipinski definition) is 1. The van der Waals surface area contributed by atoms with E-state index in [1.165, 1.54) is 0 Å². The van der Waals surface area contributed by atoms with Gasteiger partial charge < -0.3 is 10.2 Å². The summed E-state index contributed by atoms with van der Waals surface area (Å²) in [6.45, 7) is 1.94. The Morgan fingerprint density at radius 3 is 2.89 bits per heavy atom. The van der Waals surface area contributed by atoms with E-state index in [9.17, 15) is 0 Å². The number of fused-ring (bicyclic) bond motifs is 1. The highest BCUT2D eigenvalue weighted by Gasteiger charge is 2.12. The van der Waals surface area contributed by atoms with Crippen LogP contribution in [0.5, 0.6) is 0 Å². The molecule has 3 heteroatoms. The van der Waals surface area contributed by atoms with Gasteiger partial charge in [0, 0.05) is 30.2 Å². The van der Waals surface area contributed by atoms with E-state index in [1.54, 1.807) is 6.20 Å². The quantitative estimate of drug-likeness (QED) is 0.777. The third-order valence-corrected chi connectivity index (χ3v) is 3.33. The number of nitrogens with two attached hydrogens (primary N) is 1. The third kappa shape index (κ3) is 2.37. The summed E-state index contributed by atoms with van der Waals surface area (Å²) in [5, 5.41) is 2.28. The maximum atomic E-state index is 6.32. The van der Waals surface area contributed by atoms with E-state index in [2.05, 4.69) is 17.1 Å². The van der Waals surface area contributed by atoms with Crippen molar-refractivity contribution in [3.63, 3.8) is 0 Å². The van der Waals surface area contributed by atoms with Crippen LogP contribution in [0.2, 0.25) is 0 Å². The predicted octanol–water partition coefficient (Wildman–Crippen LogP) is 3.38. The summed E-state index contributed by atoms with van der Waals surface area (Å²) in [5.74, 6) is 1.85. The summed E-state index contributed by atoms with van der Waals surface area (Å²) in [5.41, 5.74) is 7.46. The summed E-state index contributed by atoms with van der Waals surface area (Å²) in [6, 6.07) is 12.0. The first-order valence-corrected chi connectivity index (χ1v) is 6.37. The number of aryl methyl sites for hydroxylation is 1. The van der Waals surface area contributed by atoms with Gasteiger partial charge in [-0.3, -0.25) is 4.98 Å². The fraction of sp³-hybridized carbons (Fsp3) is 0.188. The molecular weight excluding hydrogens is 236 g/mol. The van der Waals surface area contributed by atoms with Crippen LogP contribution in [0, 0.1) is 6.92 Å². The Hall–Kier alpha value is -2.13. The van der Waals surface area contributed by atoms with Gasteiger partial charge in [-0.25, -0.2) is 0 Å². The highest BCUT2D eigenvalue weighted by molar-refractivity contribution is 5.85. The fourth-order valence-corrected chi connectivity index (χ4v) is 2.39. The topological polar surface area (TPSA) is 52.0 Å². The van der Waals surface area contributed by atoms with Gasteiger partial charge >= 0.3 is 0 Å². The van der Waals surface area contributed by atoms with E-state index in [1.807, 2.05) is 37.4 Å². The van der Waals surface area contributed by atoms with Crippen molar-refractivity contribution in [2.75, 3.05) is 0 Å². The van der Waals surface area contributed by atoms with Gasteiger partial charge in [-0.1, -0.05) is 18.2 Å². The maximum absolute atomic E-state index is 6.32. The van der Waals surface area contributed by atoms with E-state index in [0.717, 1.165) is 27.9 Å². The van der Waals surface area contributed by atoms with Crippen molar-refractivity contribution in [3.8, 4) is 0 Å². The molecule has 0 saturated heterocycles. The molecule has 2 aromatic heterocycles. The van der Waals surface area contributed by atoms with E-state index >= 15 is 0 Å². The van der Waals surface area contributed by atoms with Gasteiger partial charge in [0.25, 0.3) is 0 Å². The second-order valence-corrected chi connectivity index (χ2v) is 4.77. The van der Waals surface area contributed by atoms with Crippen LogP contribution in [0.3, 0.4) is 0 Å². The van der Waals surface area contributed by atoms with Crippen LogP contribution in [0.4, 0.5) is 0 Å². The minimum atomic E-state index is -0.0725. The average Bonchev–Trinajstić information content (AvgIpc) is 2.83. The lowest BCUT2D eigenvalue weighted by molar-refractivity contribution is 0.467. The predicted molar refractivity (Wildman–Crippen MR) is 75.8 cm³/mol. The molecule has 0 radical (unpaired) electrons. The Labute approximate surface area is 112 Å². The van der Waals surface area contributed by atoms with Gasteiger partial charge in [0.2, 0.25) is 0 Å². The summed E-state index contributed by atoms with van der Waals surface area (Å²) in [6.07, 6.45) is 4.37. The number of pyridine rings is 1. The van der Waals surface area contributed by atoms with Crippen LogP contribution in [-0.2, 0) is 6.42 Å². The molecule has 3 aromatic rings. The molecule has 1 atom stereocenters. The molecule has 0 spiro atoms. The molecule has 19 heavy (non-hydrogen) atoms. The van der Waals surface area contributed by atoms with Crippen LogP contribution in [0.15, 0.2) is 53.2 Å². The minimum absolute atomic E-state index is 0.0725. The molecule has 0 amide bonds. The van der Waals surface area contributed by atoms with Gasteiger partial charge in [-0.05, 0) is 36.1 Å². The van der Waals surface area contributed by atoms with Crippen LogP contribution in [-0.4, -0.2) is 4.98 Å². The Morgan fingerprint density at radius 1 is 1.21 bits per heavy atom. The van der Waals surface area contributed by atoms with Crippen molar-refractivity contribution < 1.29 is 4.42 Å². The normalized spacial score (nSPS) is 12.7. The molecule has 0 aliphatic heterocycles. The molecule has 0 saturated carbocycles. The van der Waals surface area contributed by atoms with E-state index in [0.29, 0.717) is 6.42 Å². The van der Waals surface area contributed by atoms with Crippen molar-refractivity contribution >= 4 is 10.8 Å². The Bertz CT molecular complexity index is 697. The fourth-order valence-electron chi connectivity index (χ4n) is 2.39. The lowest BCUT2D eigenvalue weighted by Crippen LogP contribution is -2.13. The summed E-state index contributed by atoms with van der Waals surface area (Å²) < 4.78 is 5.60. The molecular formula is C16H16N2O. The maximum Gasteiger partial charge on any atom is 0.106 e. The van der Waals surface area contributed by atoms with Gasteiger partial charge in [-0.2, -0.15) is 0 Å². The monoisotopic (exact) mass is 252 g/mol. The summed E-state index contributed by atoms with van der Waals surface area (Å²) in [4.78, 5) is 4.14. The molecule has 2 N–H and O–H groups in total. The van der Waals surface area contributed by atoms with E-state index < -0.39 is 0 Å². The molecule has 1 unspecified atom stereocenters. The van der Waals surface area contributed by atoms with Crippen LogP contribution in [0.25, 0.3) is 10.8 Å². The largest absolute Gasteiger partial charge is 0.466 e. The lowest BCUT2D eigenvalue weighted by Gasteiger charge is -2.13. The van der Waals surface area contributed by atoms with Crippen molar-refractivity contribution in [1.82, 2.24) is 4.98 Å². The van der Waals surface area contributed by atoms with Crippen molar-refractivity contribution in [3.05, 3.63) is 65.9 Å². The van der Waals surface area contributed by atoms with Gasteiger partial charge in [0.05, 0.1) is 0 Å². The highest BCUT2D eigenvalue weighted by Crippen LogP contribution is 2.25. The minimum Gasteiger partial charge on any atom is -0.466 e. The van der Waals surface area contributed by atoms with Gasteiger partial charge in [-0.15, -0.1) is 0 Å². The number of nitrogens with zero attached hydrogens (tertiary/aromatic N) is 1. The highest BCUT2D eigenvalue weighted by atomic mass is 16.3. The van der Waals surface area contributed by atoms with Crippen molar-refractivity contribution in [1.29, 1.82) is 0 Å². The van der Waals surface area contributed by atoms with E-state index in [4.69, 9.17) is 10.2 Å². The van der Waals surface area contributed by atoms with Crippen LogP contribution < -0.4 is 5.73 Å². The van der Waals surface area contributed by atoms with Gasteiger partial charge in [0.1, 0.15) is 11.5 Å². The zero-order valence-electron chi connectivity index (χ0n) is 10.8. The molecule has 1 aromatic carbocycles. The first kappa shape index (κ1) is 11.9. The number of aromatic nitrogens is 1. The number of furan rings is 1. The molecule has 0 bridgehead atoms. The molecule has 3 nitrogen and oxygen atoms in total. The number of benzene rings is 1. The van der Waals surface area contributed by atoms with E-state index in [-0.39, 0.29) is 6.04 Å². The number of hydrogen-bond acceptors (Lipinski definition) is 3. The Morgan fingerprint density at radius 2 is 2.11 bits per heavy atom. The van der Waals surface area contributed by atoms with Crippen LogP contribution >= 0.6 is 0 Å². The average molecular weight is 252 g/mol. The SMILES string of the molecule is Cc1ccc(CC(N)c2cccc3cnccc23)o1. The summed E-state index contributed by atoms with van der Waals surface area (Å²) >= 11 is 0. The molecule has 0 aliphatic carbocycles. The molecule has 0 fully saturated rings.